The summed E-state index contributed by atoms with van der Waals surface area (Å²) in [7, 11) is 2.97. The Morgan fingerprint density at radius 2 is 1.64 bits per heavy atom. The lowest BCUT2D eigenvalue weighted by Gasteiger charge is -2.09. The quantitative estimate of drug-likeness (QED) is 0.390. The van der Waals surface area contributed by atoms with Crippen molar-refractivity contribution >= 4 is 5.97 Å². The number of rotatable bonds is 6. The van der Waals surface area contributed by atoms with Crippen LogP contribution in [-0.2, 0) is 24.1 Å². The van der Waals surface area contributed by atoms with Gasteiger partial charge in [0.15, 0.2) is 11.6 Å². The molecule has 1 fully saturated rings. The number of aliphatic carboxylic acids is 1. The standard InChI is InChI=1S/C16H15FO.C11H13FO3.C3H6/c1-18-14-7-8-16(17)15(10-14)13-6-5-11-3-2-4-12(11)9-13;1-7(11(13)14)6-8-4-3-5-9(15-2)10(8)12;1-2-3-1/h5-10H,2-4H2,1H3;3-5,7H,6H2,1-2H3,(H,13,14);1-3H2. The molecule has 6 heteroatoms. The van der Waals surface area contributed by atoms with Gasteiger partial charge in [0.05, 0.1) is 20.1 Å². The van der Waals surface area contributed by atoms with Crippen LogP contribution < -0.4 is 9.47 Å². The first-order valence-corrected chi connectivity index (χ1v) is 12.3. The molecule has 2 aliphatic rings. The van der Waals surface area contributed by atoms with E-state index in [1.165, 1.54) is 56.1 Å². The van der Waals surface area contributed by atoms with Gasteiger partial charge in [-0.1, -0.05) is 56.5 Å². The van der Waals surface area contributed by atoms with Gasteiger partial charge in [0, 0.05) is 5.56 Å². The Kier molecular flexibility index (Phi) is 9.86. The molecule has 36 heavy (non-hydrogen) atoms. The van der Waals surface area contributed by atoms with Gasteiger partial charge in [0.25, 0.3) is 0 Å². The van der Waals surface area contributed by atoms with E-state index in [9.17, 15) is 13.6 Å². The lowest BCUT2D eigenvalue weighted by atomic mass is 10.00. The summed E-state index contributed by atoms with van der Waals surface area (Å²) in [5.74, 6) is -1.39. The second kappa shape index (κ2) is 13.1. The molecule has 0 radical (unpaired) electrons. The van der Waals surface area contributed by atoms with Gasteiger partial charge < -0.3 is 14.6 Å². The van der Waals surface area contributed by atoms with Crippen molar-refractivity contribution in [2.45, 2.75) is 51.9 Å². The van der Waals surface area contributed by atoms with Crippen molar-refractivity contribution in [1.29, 1.82) is 0 Å². The molecule has 0 aromatic heterocycles. The van der Waals surface area contributed by atoms with Crippen LogP contribution in [0.4, 0.5) is 8.78 Å². The van der Waals surface area contributed by atoms with Crippen molar-refractivity contribution < 1.29 is 28.2 Å². The number of hydrogen-bond acceptors (Lipinski definition) is 3. The first-order valence-electron chi connectivity index (χ1n) is 12.3. The van der Waals surface area contributed by atoms with E-state index >= 15 is 0 Å². The SMILES string of the molecule is C1CC1.COc1ccc(F)c(-c2ccc3c(c2)CCC3)c1.COc1cccc(CC(C)C(=O)O)c1F. The van der Waals surface area contributed by atoms with Crippen LogP contribution in [-0.4, -0.2) is 25.3 Å². The molecule has 0 heterocycles. The molecule has 3 aromatic rings. The van der Waals surface area contributed by atoms with Crippen molar-refractivity contribution in [3.05, 3.63) is 82.9 Å². The minimum absolute atomic E-state index is 0.144. The number of carboxylic acids is 1. The zero-order valence-electron chi connectivity index (χ0n) is 21.2. The summed E-state index contributed by atoms with van der Waals surface area (Å²) in [6, 6.07) is 15.8. The average molecular weight is 497 g/mol. The highest BCUT2D eigenvalue weighted by molar-refractivity contribution is 5.70. The van der Waals surface area contributed by atoms with E-state index in [0.29, 0.717) is 16.9 Å². The average Bonchev–Trinajstić information content (AvgIpc) is 3.70. The van der Waals surface area contributed by atoms with Crippen LogP contribution in [0.25, 0.3) is 11.1 Å². The van der Waals surface area contributed by atoms with Crippen molar-refractivity contribution in [2.24, 2.45) is 5.92 Å². The van der Waals surface area contributed by atoms with E-state index in [4.69, 9.17) is 14.6 Å². The van der Waals surface area contributed by atoms with Crippen molar-refractivity contribution in [3.63, 3.8) is 0 Å². The Morgan fingerprint density at radius 3 is 2.28 bits per heavy atom. The first-order chi connectivity index (χ1) is 17.3. The van der Waals surface area contributed by atoms with Gasteiger partial charge in [-0.2, -0.15) is 0 Å². The number of halogens is 2. The molecule has 0 saturated heterocycles. The molecule has 0 spiro atoms. The molecule has 4 nitrogen and oxygen atoms in total. The summed E-state index contributed by atoms with van der Waals surface area (Å²) in [5.41, 5.74) is 4.68. The second-order valence-electron chi connectivity index (χ2n) is 9.12. The highest BCUT2D eigenvalue weighted by Gasteiger charge is 2.16. The largest absolute Gasteiger partial charge is 0.497 e. The predicted molar refractivity (Wildman–Crippen MR) is 138 cm³/mol. The highest BCUT2D eigenvalue weighted by Crippen LogP contribution is 2.31. The number of carboxylic acid groups (broad SMARTS) is 1. The van der Waals surface area contributed by atoms with Crippen molar-refractivity contribution in [1.82, 2.24) is 0 Å². The fourth-order valence-corrected chi connectivity index (χ4v) is 3.88. The van der Waals surface area contributed by atoms with Crippen LogP contribution in [0.3, 0.4) is 0 Å². The minimum Gasteiger partial charge on any atom is -0.497 e. The van der Waals surface area contributed by atoms with E-state index < -0.39 is 17.7 Å². The van der Waals surface area contributed by atoms with Crippen LogP contribution in [0.15, 0.2) is 54.6 Å². The van der Waals surface area contributed by atoms with E-state index in [1.54, 1.807) is 38.3 Å². The third-order valence-electron chi connectivity index (χ3n) is 6.15. The third kappa shape index (κ3) is 7.54. The molecule has 1 unspecified atom stereocenters. The molecule has 0 amide bonds. The molecule has 3 aromatic carbocycles. The fraction of sp³-hybridized carbons (Fsp3) is 0.367. The maximum absolute atomic E-state index is 13.9. The molecule has 5 rings (SSSR count). The topological polar surface area (TPSA) is 55.8 Å². The number of fused-ring (bicyclic) bond motifs is 1. The van der Waals surface area contributed by atoms with Gasteiger partial charge in [0.1, 0.15) is 11.6 Å². The second-order valence-corrected chi connectivity index (χ2v) is 9.12. The number of methoxy groups -OCH3 is 2. The molecule has 2 aliphatic carbocycles. The van der Waals surface area contributed by atoms with Gasteiger partial charge >= 0.3 is 5.97 Å². The number of aryl methyl sites for hydroxylation is 2. The Morgan fingerprint density at radius 1 is 0.917 bits per heavy atom. The van der Waals surface area contributed by atoms with E-state index in [-0.39, 0.29) is 18.0 Å². The summed E-state index contributed by atoms with van der Waals surface area (Å²) in [6.45, 7) is 1.54. The molecular formula is C30H34F2O4. The Hall–Kier alpha value is -3.41. The lowest BCUT2D eigenvalue weighted by molar-refractivity contribution is -0.141. The van der Waals surface area contributed by atoms with Crippen LogP contribution in [0.5, 0.6) is 11.5 Å². The molecule has 0 bridgehead atoms. The number of ether oxygens (including phenoxy) is 2. The van der Waals surface area contributed by atoms with Crippen LogP contribution in [0, 0.1) is 17.6 Å². The smallest absolute Gasteiger partial charge is 0.306 e. The zero-order valence-corrected chi connectivity index (χ0v) is 21.2. The fourth-order valence-electron chi connectivity index (χ4n) is 3.88. The van der Waals surface area contributed by atoms with Gasteiger partial charge in [-0.25, -0.2) is 8.78 Å². The van der Waals surface area contributed by atoms with Gasteiger partial charge in [-0.15, -0.1) is 0 Å². The molecule has 1 atom stereocenters. The summed E-state index contributed by atoms with van der Waals surface area (Å²) in [6.07, 6.45) is 8.13. The summed E-state index contributed by atoms with van der Waals surface area (Å²) in [5, 5.41) is 8.71. The lowest BCUT2D eigenvalue weighted by Crippen LogP contribution is -2.13. The van der Waals surface area contributed by atoms with E-state index in [1.807, 2.05) is 6.07 Å². The van der Waals surface area contributed by atoms with Crippen LogP contribution >= 0.6 is 0 Å². The van der Waals surface area contributed by atoms with Gasteiger partial charge in [0.2, 0.25) is 0 Å². The normalized spacial score (nSPS) is 13.8. The predicted octanol–water partition coefficient (Wildman–Crippen LogP) is 7.26. The maximum Gasteiger partial charge on any atom is 0.306 e. The number of hydrogen-bond donors (Lipinski definition) is 1. The van der Waals surface area contributed by atoms with Gasteiger partial charge in [-0.05, 0) is 72.2 Å². The van der Waals surface area contributed by atoms with Crippen molar-refractivity contribution in [3.8, 4) is 22.6 Å². The molecular weight excluding hydrogens is 462 g/mol. The molecule has 1 saturated carbocycles. The summed E-state index contributed by atoms with van der Waals surface area (Å²) < 4.78 is 37.4. The zero-order chi connectivity index (χ0) is 26.1. The molecule has 192 valence electrons. The summed E-state index contributed by atoms with van der Waals surface area (Å²) in [4.78, 5) is 10.6. The monoisotopic (exact) mass is 496 g/mol. The number of carbonyl (C=O) groups is 1. The minimum atomic E-state index is -0.933. The third-order valence-corrected chi connectivity index (χ3v) is 6.15. The summed E-state index contributed by atoms with van der Waals surface area (Å²) >= 11 is 0. The van der Waals surface area contributed by atoms with Gasteiger partial charge in [-0.3, -0.25) is 4.79 Å². The molecule has 1 N–H and O–H groups in total. The molecule has 0 aliphatic heterocycles. The Bertz CT molecular complexity index is 1170. The van der Waals surface area contributed by atoms with E-state index in [0.717, 1.165) is 18.4 Å². The van der Waals surface area contributed by atoms with Crippen LogP contribution in [0.1, 0.15) is 49.3 Å². The Balaban J connectivity index is 0.000000182. The Labute approximate surface area is 211 Å². The van der Waals surface area contributed by atoms with E-state index in [2.05, 4.69) is 12.1 Å². The van der Waals surface area contributed by atoms with Crippen molar-refractivity contribution in [2.75, 3.05) is 14.2 Å². The number of benzene rings is 3. The maximum atomic E-state index is 13.9. The first kappa shape index (κ1) is 27.2. The van der Waals surface area contributed by atoms with Crippen LogP contribution in [0.2, 0.25) is 0 Å². The highest BCUT2D eigenvalue weighted by atomic mass is 19.1.